The Morgan fingerprint density at radius 3 is 2.44 bits per heavy atom. The van der Waals surface area contributed by atoms with E-state index < -0.39 is 4.92 Å². The molecule has 2 aromatic carbocycles. The van der Waals surface area contributed by atoms with Gasteiger partial charge in [-0.05, 0) is 24.3 Å². The molecule has 6 nitrogen and oxygen atoms in total. The number of azo groups is 1. The van der Waals surface area contributed by atoms with Crippen LogP contribution in [0.2, 0.25) is 0 Å². The van der Waals surface area contributed by atoms with Gasteiger partial charge in [-0.2, -0.15) is 5.11 Å². The summed E-state index contributed by atoms with van der Waals surface area (Å²) >= 11 is 0. The molecular formula is C12H10N4O2. The number of hydrogen-bond donors (Lipinski definition) is 1. The zero-order chi connectivity index (χ0) is 13.0. The van der Waals surface area contributed by atoms with Gasteiger partial charge in [0.05, 0.1) is 10.6 Å². The van der Waals surface area contributed by atoms with Gasteiger partial charge < -0.3 is 5.73 Å². The number of hydrogen-bond acceptors (Lipinski definition) is 5. The molecule has 2 N–H and O–H groups in total. The van der Waals surface area contributed by atoms with Crippen molar-refractivity contribution in [2.45, 2.75) is 0 Å². The number of rotatable bonds is 3. The number of anilines is 1. The summed E-state index contributed by atoms with van der Waals surface area (Å²) in [6, 6.07) is 13.3. The third-order valence-corrected chi connectivity index (χ3v) is 2.23. The van der Waals surface area contributed by atoms with Gasteiger partial charge in [0.15, 0.2) is 5.69 Å². The Labute approximate surface area is 103 Å². The maximum absolute atomic E-state index is 10.8. The maximum atomic E-state index is 10.8. The Bertz CT molecular complexity index is 596. The first kappa shape index (κ1) is 11.7. The van der Waals surface area contributed by atoms with E-state index in [1.54, 1.807) is 18.2 Å². The third-order valence-electron chi connectivity index (χ3n) is 2.23. The summed E-state index contributed by atoms with van der Waals surface area (Å²) in [4.78, 5) is 10.3. The van der Waals surface area contributed by atoms with Gasteiger partial charge in [-0.3, -0.25) is 10.1 Å². The highest BCUT2D eigenvalue weighted by Crippen LogP contribution is 2.30. The van der Waals surface area contributed by atoms with Gasteiger partial charge in [0.25, 0.3) is 5.69 Å². The molecule has 18 heavy (non-hydrogen) atoms. The average Bonchev–Trinajstić information content (AvgIpc) is 2.38. The summed E-state index contributed by atoms with van der Waals surface area (Å²) in [6.07, 6.45) is 0. The van der Waals surface area contributed by atoms with Gasteiger partial charge in [-0.25, -0.2) is 0 Å². The van der Waals surface area contributed by atoms with Crippen molar-refractivity contribution in [2.75, 3.05) is 5.73 Å². The number of nitrogen functional groups attached to an aromatic ring is 1. The zero-order valence-electron chi connectivity index (χ0n) is 9.35. The van der Waals surface area contributed by atoms with Gasteiger partial charge in [0, 0.05) is 11.8 Å². The number of nitrogens with two attached hydrogens (primary N) is 1. The highest BCUT2D eigenvalue weighted by Gasteiger charge is 2.13. The van der Waals surface area contributed by atoms with Crippen molar-refractivity contribution in [3.63, 3.8) is 0 Å². The van der Waals surface area contributed by atoms with E-state index >= 15 is 0 Å². The molecule has 0 fully saturated rings. The highest BCUT2D eigenvalue weighted by molar-refractivity contribution is 5.63. The van der Waals surface area contributed by atoms with Crippen LogP contribution in [0.4, 0.5) is 22.7 Å². The van der Waals surface area contributed by atoms with Gasteiger partial charge >= 0.3 is 0 Å². The normalized spacial score (nSPS) is 10.7. The molecule has 6 heteroatoms. The Morgan fingerprint density at radius 2 is 1.78 bits per heavy atom. The standard InChI is InChI=1S/C12H10N4O2/c13-9-6-7-11(12(8-9)16(17)18)15-14-10-4-2-1-3-5-10/h1-8H,13H2/b15-14+. The molecule has 0 atom stereocenters. The van der Waals surface area contributed by atoms with E-state index in [1.165, 1.54) is 12.1 Å². The lowest BCUT2D eigenvalue weighted by Gasteiger charge is -1.97. The monoisotopic (exact) mass is 242 g/mol. The van der Waals surface area contributed by atoms with Gasteiger partial charge in [0.2, 0.25) is 0 Å². The molecule has 0 radical (unpaired) electrons. The van der Waals surface area contributed by atoms with Crippen molar-refractivity contribution >= 4 is 22.7 Å². The molecule has 0 spiro atoms. The van der Waals surface area contributed by atoms with Crippen molar-refractivity contribution in [3.8, 4) is 0 Å². The van der Waals surface area contributed by atoms with Crippen LogP contribution in [0.25, 0.3) is 0 Å². The van der Waals surface area contributed by atoms with Crippen LogP contribution in [0.1, 0.15) is 0 Å². The molecular weight excluding hydrogens is 232 g/mol. The molecule has 0 aromatic heterocycles. The van der Waals surface area contributed by atoms with Gasteiger partial charge in [-0.1, -0.05) is 18.2 Å². The number of nitrogens with zero attached hydrogens (tertiary/aromatic N) is 3. The molecule has 0 heterocycles. The van der Waals surface area contributed by atoms with E-state index in [1.807, 2.05) is 18.2 Å². The van der Waals surface area contributed by atoms with E-state index in [0.29, 0.717) is 11.4 Å². The molecule has 0 aliphatic carbocycles. The molecule has 2 aromatic rings. The van der Waals surface area contributed by atoms with Crippen LogP contribution >= 0.6 is 0 Å². The Kier molecular flexibility index (Phi) is 3.29. The maximum Gasteiger partial charge on any atom is 0.298 e. The summed E-state index contributed by atoms with van der Waals surface area (Å²) in [7, 11) is 0. The van der Waals surface area contributed by atoms with Crippen LogP contribution < -0.4 is 5.73 Å². The van der Waals surface area contributed by atoms with Crippen molar-refractivity contribution in [1.82, 2.24) is 0 Å². The van der Waals surface area contributed by atoms with E-state index in [2.05, 4.69) is 10.2 Å². The van der Waals surface area contributed by atoms with Crippen LogP contribution in [0, 0.1) is 10.1 Å². The van der Waals surface area contributed by atoms with E-state index in [9.17, 15) is 10.1 Å². The number of benzene rings is 2. The molecule has 0 saturated heterocycles. The van der Waals surface area contributed by atoms with Crippen LogP contribution in [-0.4, -0.2) is 4.92 Å². The van der Waals surface area contributed by atoms with E-state index in [0.717, 1.165) is 0 Å². The molecule has 2 rings (SSSR count). The van der Waals surface area contributed by atoms with Crippen molar-refractivity contribution in [3.05, 3.63) is 58.6 Å². The first-order valence-corrected chi connectivity index (χ1v) is 5.17. The molecule has 0 aliphatic heterocycles. The second-order valence-corrected chi connectivity index (χ2v) is 3.54. The second kappa shape index (κ2) is 5.05. The first-order chi connectivity index (χ1) is 8.66. The number of nitro benzene ring substituents is 1. The predicted octanol–water partition coefficient (Wildman–Crippen LogP) is 3.59. The highest BCUT2D eigenvalue weighted by atomic mass is 16.6. The van der Waals surface area contributed by atoms with Gasteiger partial charge in [0.1, 0.15) is 0 Å². The molecule has 90 valence electrons. The summed E-state index contributed by atoms with van der Waals surface area (Å²) < 4.78 is 0. The Balaban J connectivity index is 2.35. The Morgan fingerprint density at radius 1 is 1.06 bits per heavy atom. The van der Waals surface area contributed by atoms with Crippen molar-refractivity contribution in [2.24, 2.45) is 10.2 Å². The minimum Gasteiger partial charge on any atom is -0.399 e. The Hall–Kier alpha value is -2.76. The van der Waals surface area contributed by atoms with Crippen LogP contribution in [0.5, 0.6) is 0 Å². The average molecular weight is 242 g/mol. The predicted molar refractivity (Wildman–Crippen MR) is 68.1 cm³/mol. The third kappa shape index (κ3) is 2.67. The molecule has 0 aliphatic rings. The minimum atomic E-state index is -0.532. The zero-order valence-corrected chi connectivity index (χ0v) is 9.35. The SMILES string of the molecule is Nc1ccc(/N=N/c2ccccc2)c([N+](=O)[O-])c1. The van der Waals surface area contributed by atoms with Crippen LogP contribution in [-0.2, 0) is 0 Å². The molecule has 0 unspecified atom stereocenters. The van der Waals surface area contributed by atoms with Gasteiger partial charge in [-0.15, -0.1) is 5.11 Å². The minimum absolute atomic E-state index is 0.158. The largest absolute Gasteiger partial charge is 0.399 e. The second-order valence-electron chi connectivity index (χ2n) is 3.54. The fourth-order valence-corrected chi connectivity index (χ4v) is 1.38. The topological polar surface area (TPSA) is 93.9 Å². The summed E-state index contributed by atoms with van der Waals surface area (Å²) in [5.41, 5.74) is 6.47. The summed E-state index contributed by atoms with van der Waals surface area (Å²) in [5, 5.41) is 18.6. The van der Waals surface area contributed by atoms with E-state index in [4.69, 9.17) is 5.73 Å². The summed E-state index contributed by atoms with van der Waals surface area (Å²) in [5.74, 6) is 0. The number of nitro groups is 1. The van der Waals surface area contributed by atoms with Crippen molar-refractivity contribution < 1.29 is 4.92 Å². The lowest BCUT2D eigenvalue weighted by molar-refractivity contribution is -0.384. The quantitative estimate of drug-likeness (QED) is 0.385. The molecule has 0 amide bonds. The van der Waals surface area contributed by atoms with Crippen molar-refractivity contribution in [1.29, 1.82) is 0 Å². The fraction of sp³-hybridized carbons (Fsp3) is 0. The lowest BCUT2D eigenvalue weighted by atomic mass is 10.2. The first-order valence-electron chi connectivity index (χ1n) is 5.17. The van der Waals surface area contributed by atoms with E-state index in [-0.39, 0.29) is 11.4 Å². The smallest absolute Gasteiger partial charge is 0.298 e. The van der Waals surface area contributed by atoms with Crippen LogP contribution in [0.3, 0.4) is 0 Å². The fourth-order valence-electron chi connectivity index (χ4n) is 1.38. The molecule has 0 saturated carbocycles. The lowest BCUT2D eigenvalue weighted by Crippen LogP contribution is -1.91. The van der Waals surface area contributed by atoms with Crippen LogP contribution in [0.15, 0.2) is 58.8 Å². The summed E-state index contributed by atoms with van der Waals surface area (Å²) in [6.45, 7) is 0. The molecule has 0 bridgehead atoms.